The summed E-state index contributed by atoms with van der Waals surface area (Å²) in [5.74, 6) is -1.19. The minimum atomic E-state index is -1.06. The lowest BCUT2D eigenvalue weighted by molar-refractivity contribution is -0.139. The Kier molecular flexibility index (Phi) is 5.23. The third-order valence-corrected chi connectivity index (χ3v) is 3.86. The fourth-order valence-corrected chi connectivity index (χ4v) is 2.61. The van der Waals surface area contributed by atoms with Gasteiger partial charge < -0.3 is 15.2 Å². The number of ether oxygens (including phenoxy) is 1. The molecule has 0 radical (unpaired) electrons. The van der Waals surface area contributed by atoms with E-state index in [0.717, 1.165) is 17.0 Å². The van der Waals surface area contributed by atoms with E-state index in [2.05, 4.69) is 10.4 Å². The van der Waals surface area contributed by atoms with Crippen LogP contribution in [0, 0.1) is 13.8 Å². The van der Waals surface area contributed by atoms with Gasteiger partial charge in [0.05, 0.1) is 11.6 Å². The van der Waals surface area contributed by atoms with Crippen molar-refractivity contribution < 1.29 is 19.4 Å². The lowest BCUT2D eigenvalue weighted by Crippen LogP contribution is -2.20. The number of aliphatic carboxylic acids is 1. The van der Waals surface area contributed by atoms with E-state index in [4.69, 9.17) is 9.84 Å². The van der Waals surface area contributed by atoms with Gasteiger partial charge in [0.2, 0.25) is 5.91 Å². The Balaban J connectivity index is 2.11. The predicted molar refractivity (Wildman–Crippen MR) is 89.3 cm³/mol. The number of hydrogen-bond donors (Lipinski definition) is 2. The maximum Gasteiger partial charge on any atom is 0.341 e. The number of nitrogens with one attached hydrogen (secondary N) is 1. The summed E-state index contributed by atoms with van der Waals surface area (Å²) in [6, 6.07) is 6.65. The van der Waals surface area contributed by atoms with E-state index < -0.39 is 12.6 Å². The molecule has 7 nitrogen and oxygen atoms in total. The molecule has 1 atom stereocenters. The third-order valence-electron chi connectivity index (χ3n) is 3.86. The molecular weight excluding hydrogens is 310 g/mol. The van der Waals surface area contributed by atoms with Gasteiger partial charge in [0.15, 0.2) is 6.61 Å². The number of carboxylic acid groups (broad SMARTS) is 1. The molecule has 0 aliphatic carbocycles. The largest absolute Gasteiger partial charge is 0.482 e. The van der Waals surface area contributed by atoms with Gasteiger partial charge in [-0.3, -0.25) is 9.48 Å². The van der Waals surface area contributed by atoms with Gasteiger partial charge >= 0.3 is 5.97 Å². The molecule has 24 heavy (non-hydrogen) atoms. The van der Waals surface area contributed by atoms with Crippen molar-refractivity contribution in [2.24, 2.45) is 7.05 Å². The SMILES string of the molecule is Cc1nn(C)c(C)c1C(C)C(=O)Nc1cccc(OCC(=O)O)c1. The zero-order chi connectivity index (χ0) is 17.9. The van der Waals surface area contributed by atoms with Crippen LogP contribution in [0.2, 0.25) is 0 Å². The number of nitrogens with zero attached hydrogens (tertiary/aromatic N) is 2. The fourth-order valence-electron chi connectivity index (χ4n) is 2.61. The van der Waals surface area contributed by atoms with Gasteiger partial charge in [-0.15, -0.1) is 0 Å². The van der Waals surface area contributed by atoms with Crippen LogP contribution < -0.4 is 10.1 Å². The van der Waals surface area contributed by atoms with E-state index in [1.54, 1.807) is 28.9 Å². The summed E-state index contributed by atoms with van der Waals surface area (Å²) in [5.41, 5.74) is 3.24. The van der Waals surface area contributed by atoms with Gasteiger partial charge in [-0.25, -0.2) is 4.79 Å². The highest BCUT2D eigenvalue weighted by Crippen LogP contribution is 2.25. The first-order valence-electron chi connectivity index (χ1n) is 7.55. The van der Waals surface area contributed by atoms with Crippen LogP contribution in [0.1, 0.15) is 29.8 Å². The Labute approximate surface area is 140 Å². The molecule has 0 aliphatic rings. The molecule has 1 aromatic heterocycles. The van der Waals surface area contributed by atoms with E-state index in [1.807, 2.05) is 27.8 Å². The summed E-state index contributed by atoms with van der Waals surface area (Å²) >= 11 is 0. The number of anilines is 1. The fraction of sp³-hybridized carbons (Fsp3) is 0.353. The second-order valence-electron chi connectivity index (χ2n) is 5.63. The smallest absolute Gasteiger partial charge is 0.341 e. The summed E-state index contributed by atoms with van der Waals surface area (Å²) in [7, 11) is 1.85. The molecule has 0 aliphatic heterocycles. The van der Waals surface area contributed by atoms with E-state index in [0.29, 0.717) is 11.4 Å². The average Bonchev–Trinajstić information content (AvgIpc) is 2.77. The molecule has 2 aromatic rings. The molecule has 2 rings (SSSR count). The predicted octanol–water partition coefficient (Wildman–Crippen LogP) is 2.24. The van der Waals surface area contributed by atoms with E-state index in [1.165, 1.54) is 0 Å². The molecule has 1 amide bonds. The van der Waals surface area contributed by atoms with Crippen LogP contribution >= 0.6 is 0 Å². The van der Waals surface area contributed by atoms with Crippen molar-refractivity contribution in [2.45, 2.75) is 26.7 Å². The molecule has 1 aromatic carbocycles. The highest BCUT2D eigenvalue weighted by molar-refractivity contribution is 5.96. The minimum Gasteiger partial charge on any atom is -0.482 e. The Bertz CT molecular complexity index is 767. The molecule has 2 N–H and O–H groups in total. The topological polar surface area (TPSA) is 93.5 Å². The first-order valence-corrected chi connectivity index (χ1v) is 7.55. The molecule has 0 spiro atoms. The first kappa shape index (κ1) is 17.5. The molecule has 0 saturated carbocycles. The quantitative estimate of drug-likeness (QED) is 0.847. The zero-order valence-corrected chi connectivity index (χ0v) is 14.2. The molecule has 0 fully saturated rings. The van der Waals surface area contributed by atoms with Gasteiger partial charge in [-0.05, 0) is 32.9 Å². The van der Waals surface area contributed by atoms with Crippen molar-refractivity contribution in [2.75, 3.05) is 11.9 Å². The number of carbonyl (C=O) groups excluding carboxylic acids is 1. The highest BCUT2D eigenvalue weighted by Gasteiger charge is 2.22. The molecule has 0 saturated heterocycles. The lowest BCUT2D eigenvalue weighted by Gasteiger charge is -2.14. The van der Waals surface area contributed by atoms with Crippen LogP contribution in [0.3, 0.4) is 0 Å². The molecule has 128 valence electrons. The molecule has 7 heteroatoms. The normalized spacial score (nSPS) is 11.8. The van der Waals surface area contributed by atoms with Gasteiger partial charge in [0.1, 0.15) is 5.75 Å². The van der Waals surface area contributed by atoms with Crippen LogP contribution in [0.15, 0.2) is 24.3 Å². The maximum atomic E-state index is 12.5. The second kappa shape index (κ2) is 7.16. The van der Waals surface area contributed by atoms with Crippen molar-refractivity contribution in [3.05, 3.63) is 41.2 Å². The Morgan fingerprint density at radius 1 is 1.38 bits per heavy atom. The van der Waals surface area contributed by atoms with Crippen LogP contribution in [-0.4, -0.2) is 33.4 Å². The van der Waals surface area contributed by atoms with Crippen LogP contribution in [0.25, 0.3) is 0 Å². The van der Waals surface area contributed by atoms with Crippen LogP contribution in [-0.2, 0) is 16.6 Å². The van der Waals surface area contributed by atoms with Gasteiger partial charge in [0.25, 0.3) is 0 Å². The number of carboxylic acids is 1. The van der Waals surface area contributed by atoms with Gasteiger partial charge in [-0.2, -0.15) is 5.10 Å². The summed E-state index contributed by atoms with van der Waals surface area (Å²) < 4.78 is 6.87. The standard InChI is InChI=1S/C17H21N3O4/c1-10(16-11(2)19-20(4)12(16)3)17(23)18-13-6-5-7-14(8-13)24-9-15(21)22/h5-8,10H,9H2,1-4H3,(H,18,23)(H,21,22). The summed E-state index contributed by atoms with van der Waals surface area (Å²) in [5, 5.41) is 15.8. The van der Waals surface area contributed by atoms with E-state index in [9.17, 15) is 9.59 Å². The second-order valence-corrected chi connectivity index (χ2v) is 5.63. The number of rotatable bonds is 6. The van der Waals surface area contributed by atoms with Crippen molar-refractivity contribution in [1.82, 2.24) is 9.78 Å². The maximum absolute atomic E-state index is 12.5. The number of aryl methyl sites for hydroxylation is 2. The summed E-state index contributed by atoms with van der Waals surface area (Å²) in [4.78, 5) is 23.1. The molecule has 1 unspecified atom stereocenters. The number of benzene rings is 1. The van der Waals surface area contributed by atoms with Crippen molar-refractivity contribution in [3.8, 4) is 5.75 Å². The Hall–Kier alpha value is -2.83. The van der Waals surface area contributed by atoms with E-state index in [-0.39, 0.29) is 11.8 Å². The number of hydrogen-bond acceptors (Lipinski definition) is 4. The average molecular weight is 331 g/mol. The molecule has 0 bridgehead atoms. The highest BCUT2D eigenvalue weighted by atomic mass is 16.5. The lowest BCUT2D eigenvalue weighted by atomic mass is 9.98. The minimum absolute atomic E-state index is 0.162. The van der Waals surface area contributed by atoms with Crippen molar-refractivity contribution >= 4 is 17.6 Å². The number of aromatic nitrogens is 2. The monoisotopic (exact) mass is 331 g/mol. The van der Waals surface area contributed by atoms with Crippen molar-refractivity contribution in [3.63, 3.8) is 0 Å². The van der Waals surface area contributed by atoms with Crippen molar-refractivity contribution in [1.29, 1.82) is 0 Å². The third kappa shape index (κ3) is 3.92. The molecule has 1 heterocycles. The van der Waals surface area contributed by atoms with Gasteiger partial charge in [-0.1, -0.05) is 6.07 Å². The molecular formula is C17H21N3O4. The van der Waals surface area contributed by atoms with Gasteiger partial charge in [0, 0.05) is 30.1 Å². The summed E-state index contributed by atoms with van der Waals surface area (Å²) in [6.07, 6.45) is 0. The van der Waals surface area contributed by atoms with Crippen LogP contribution in [0.5, 0.6) is 5.75 Å². The Morgan fingerprint density at radius 3 is 2.67 bits per heavy atom. The zero-order valence-electron chi connectivity index (χ0n) is 14.2. The van der Waals surface area contributed by atoms with E-state index >= 15 is 0 Å². The summed E-state index contributed by atoms with van der Waals surface area (Å²) in [6.45, 7) is 5.21. The first-order chi connectivity index (χ1) is 11.3. The Morgan fingerprint density at radius 2 is 2.08 bits per heavy atom. The number of amides is 1. The van der Waals surface area contributed by atoms with Crippen LogP contribution in [0.4, 0.5) is 5.69 Å². The number of carbonyl (C=O) groups is 2.